The molecular weight excluding hydrogens is 214 g/mol. The Kier molecular flexibility index (Phi) is 4.75. The van der Waals surface area contributed by atoms with E-state index >= 15 is 0 Å². The van der Waals surface area contributed by atoms with Crippen LogP contribution in [0.5, 0.6) is 0 Å². The maximum atomic E-state index is 11.5. The average Bonchev–Trinajstić information content (AvgIpc) is 2.54. The molecule has 96 valence electrons. The van der Waals surface area contributed by atoms with Crippen LogP contribution < -0.4 is 10.6 Å². The molecule has 0 fully saturated rings. The van der Waals surface area contributed by atoms with Gasteiger partial charge in [-0.1, -0.05) is 0 Å². The molecule has 0 bridgehead atoms. The van der Waals surface area contributed by atoms with Crippen LogP contribution in [-0.4, -0.2) is 23.1 Å². The molecule has 17 heavy (non-hydrogen) atoms. The summed E-state index contributed by atoms with van der Waals surface area (Å²) in [4.78, 5) is 11.5. The van der Waals surface area contributed by atoms with Gasteiger partial charge in [0.25, 0.3) is 0 Å². The zero-order valence-electron chi connectivity index (χ0n) is 11.4. The van der Waals surface area contributed by atoms with Crippen LogP contribution >= 0.6 is 0 Å². The lowest BCUT2D eigenvalue weighted by molar-refractivity contribution is -0.122. The number of nitrogens with zero attached hydrogens (tertiary/aromatic N) is 1. The van der Waals surface area contributed by atoms with E-state index in [9.17, 15) is 4.79 Å². The molecule has 0 spiro atoms. The summed E-state index contributed by atoms with van der Waals surface area (Å²) in [6.07, 6.45) is 0. The lowest BCUT2D eigenvalue weighted by Gasteiger charge is -2.13. The Balaban J connectivity index is 2.55. The summed E-state index contributed by atoms with van der Waals surface area (Å²) < 4.78 is 2.16. The Morgan fingerprint density at radius 2 is 2.12 bits per heavy atom. The van der Waals surface area contributed by atoms with Crippen LogP contribution in [0.1, 0.15) is 30.8 Å². The van der Waals surface area contributed by atoms with Crippen molar-refractivity contribution in [2.24, 2.45) is 7.05 Å². The van der Waals surface area contributed by atoms with Gasteiger partial charge in [-0.3, -0.25) is 4.79 Å². The van der Waals surface area contributed by atoms with Crippen LogP contribution in [0.2, 0.25) is 0 Å². The van der Waals surface area contributed by atoms with E-state index in [1.54, 1.807) is 0 Å². The van der Waals surface area contributed by atoms with Crippen molar-refractivity contribution >= 4 is 5.91 Å². The first kappa shape index (κ1) is 13.8. The summed E-state index contributed by atoms with van der Waals surface area (Å²) in [5.74, 6) is 0.0535. The third-order valence-electron chi connectivity index (χ3n) is 3.22. The minimum absolute atomic E-state index is 0.0535. The summed E-state index contributed by atoms with van der Waals surface area (Å²) in [7, 11) is 2.06. The number of amides is 1. The summed E-state index contributed by atoms with van der Waals surface area (Å²) in [5, 5.41) is 6.05. The van der Waals surface area contributed by atoms with E-state index < -0.39 is 0 Å². The first-order valence-electron chi connectivity index (χ1n) is 6.10. The zero-order chi connectivity index (χ0) is 13.0. The molecule has 1 heterocycles. The Morgan fingerprint density at radius 1 is 1.47 bits per heavy atom. The molecule has 1 aromatic heterocycles. The molecule has 4 heteroatoms. The lowest BCUT2D eigenvalue weighted by Crippen LogP contribution is -2.41. The van der Waals surface area contributed by atoms with Crippen molar-refractivity contribution in [3.8, 4) is 0 Å². The molecule has 2 N–H and O–H groups in total. The van der Waals surface area contributed by atoms with Gasteiger partial charge >= 0.3 is 0 Å². The lowest BCUT2D eigenvalue weighted by atomic mass is 10.2. The van der Waals surface area contributed by atoms with E-state index in [1.165, 1.54) is 17.0 Å². The van der Waals surface area contributed by atoms with E-state index in [-0.39, 0.29) is 11.9 Å². The standard InChI is InChI=1S/C13H23N3O/c1-6-14-13(17)10(3)15-8-12-7-9(2)16(5)11(12)4/h7,10,15H,6,8H2,1-5H3,(H,14,17). The Bertz CT molecular complexity index is 396. The van der Waals surface area contributed by atoms with Crippen LogP contribution in [-0.2, 0) is 18.4 Å². The molecule has 0 saturated heterocycles. The van der Waals surface area contributed by atoms with Gasteiger partial charge in [0.2, 0.25) is 5.91 Å². The van der Waals surface area contributed by atoms with Crippen molar-refractivity contribution in [3.05, 3.63) is 23.0 Å². The van der Waals surface area contributed by atoms with E-state index in [4.69, 9.17) is 0 Å². The molecule has 0 aliphatic rings. The smallest absolute Gasteiger partial charge is 0.236 e. The molecule has 0 aliphatic heterocycles. The molecule has 1 rings (SSSR count). The second-order valence-electron chi connectivity index (χ2n) is 4.45. The fourth-order valence-corrected chi connectivity index (χ4v) is 1.80. The number of hydrogen-bond acceptors (Lipinski definition) is 2. The minimum Gasteiger partial charge on any atom is -0.355 e. The van der Waals surface area contributed by atoms with Gasteiger partial charge < -0.3 is 15.2 Å². The van der Waals surface area contributed by atoms with Crippen molar-refractivity contribution in [1.82, 2.24) is 15.2 Å². The van der Waals surface area contributed by atoms with Crippen LogP contribution in [0, 0.1) is 13.8 Å². The van der Waals surface area contributed by atoms with Gasteiger partial charge in [0, 0.05) is 31.5 Å². The van der Waals surface area contributed by atoms with Crippen molar-refractivity contribution in [3.63, 3.8) is 0 Å². The number of aromatic nitrogens is 1. The quantitative estimate of drug-likeness (QED) is 0.810. The van der Waals surface area contributed by atoms with Crippen molar-refractivity contribution < 1.29 is 4.79 Å². The molecule has 4 nitrogen and oxygen atoms in total. The molecule has 0 radical (unpaired) electrons. The van der Waals surface area contributed by atoms with Crippen molar-refractivity contribution in [2.45, 2.75) is 40.3 Å². The van der Waals surface area contributed by atoms with E-state index in [0.717, 1.165) is 6.54 Å². The Hall–Kier alpha value is -1.29. The second-order valence-corrected chi connectivity index (χ2v) is 4.45. The zero-order valence-corrected chi connectivity index (χ0v) is 11.4. The monoisotopic (exact) mass is 237 g/mol. The Morgan fingerprint density at radius 3 is 2.59 bits per heavy atom. The highest BCUT2D eigenvalue weighted by Gasteiger charge is 2.12. The van der Waals surface area contributed by atoms with Crippen molar-refractivity contribution in [1.29, 1.82) is 0 Å². The topological polar surface area (TPSA) is 46.1 Å². The number of aryl methyl sites for hydroxylation is 1. The van der Waals surface area contributed by atoms with Crippen LogP contribution in [0.25, 0.3) is 0 Å². The number of nitrogens with one attached hydrogen (secondary N) is 2. The van der Waals surface area contributed by atoms with Gasteiger partial charge in [-0.2, -0.15) is 0 Å². The van der Waals surface area contributed by atoms with Crippen LogP contribution in [0.4, 0.5) is 0 Å². The normalized spacial score (nSPS) is 12.5. The van der Waals surface area contributed by atoms with Gasteiger partial charge in [-0.05, 0) is 39.3 Å². The van der Waals surface area contributed by atoms with Gasteiger partial charge in [0.15, 0.2) is 0 Å². The highest BCUT2D eigenvalue weighted by molar-refractivity contribution is 5.81. The first-order chi connectivity index (χ1) is 7.97. The Labute approximate surface area is 103 Å². The average molecular weight is 237 g/mol. The fraction of sp³-hybridized carbons (Fsp3) is 0.615. The van der Waals surface area contributed by atoms with Gasteiger partial charge in [-0.15, -0.1) is 0 Å². The van der Waals surface area contributed by atoms with Crippen LogP contribution in [0.3, 0.4) is 0 Å². The minimum atomic E-state index is -0.158. The summed E-state index contributed by atoms with van der Waals surface area (Å²) in [6, 6.07) is 2.00. The number of hydrogen-bond donors (Lipinski definition) is 2. The number of rotatable bonds is 5. The maximum absolute atomic E-state index is 11.5. The molecule has 0 aromatic carbocycles. The highest BCUT2D eigenvalue weighted by Crippen LogP contribution is 2.12. The number of likely N-dealkylation sites (N-methyl/N-ethyl adjacent to an activating group) is 1. The molecule has 0 aliphatic carbocycles. The number of carbonyl (C=O) groups is 1. The molecular formula is C13H23N3O. The predicted octanol–water partition coefficient (Wildman–Crippen LogP) is 1.26. The van der Waals surface area contributed by atoms with Gasteiger partial charge in [0.1, 0.15) is 0 Å². The van der Waals surface area contributed by atoms with Gasteiger partial charge in [0.05, 0.1) is 6.04 Å². The first-order valence-corrected chi connectivity index (χ1v) is 6.10. The fourth-order valence-electron chi connectivity index (χ4n) is 1.80. The SMILES string of the molecule is CCNC(=O)C(C)NCc1cc(C)n(C)c1C. The molecule has 1 amide bonds. The van der Waals surface area contributed by atoms with Crippen molar-refractivity contribution in [2.75, 3.05) is 6.54 Å². The number of carbonyl (C=O) groups excluding carboxylic acids is 1. The molecule has 1 aromatic rings. The van der Waals surface area contributed by atoms with Gasteiger partial charge in [-0.25, -0.2) is 0 Å². The molecule has 0 saturated carbocycles. The third kappa shape index (κ3) is 3.33. The highest BCUT2D eigenvalue weighted by atomic mass is 16.2. The second kappa shape index (κ2) is 5.87. The largest absolute Gasteiger partial charge is 0.355 e. The summed E-state index contributed by atoms with van der Waals surface area (Å²) >= 11 is 0. The molecule has 1 atom stereocenters. The molecule has 1 unspecified atom stereocenters. The van der Waals surface area contributed by atoms with E-state index in [2.05, 4.69) is 42.2 Å². The third-order valence-corrected chi connectivity index (χ3v) is 3.22. The van der Waals surface area contributed by atoms with Crippen LogP contribution in [0.15, 0.2) is 6.07 Å². The maximum Gasteiger partial charge on any atom is 0.236 e. The summed E-state index contributed by atoms with van der Waals surface area (Å²) in [6.45, 7) is 9.40. The summed E-state index contributed by atoms with van der Waals surface area (Å²) in [5.41, 5.74) is 3.74. The predicted molar refractivity (Wildman–Crippen MR) is 69.9 cm³/mol. The van der Waals surface area contributed by atoms with E-state index in [0.29, 0.717) is 6.54 Å². The van der Waals surface area contributed by atoms with E-state index in [1.807, 2.05) is 13.8 Å².